The zero-order chi connectivity index (χ0) is 23.3. The molecule has 1 aliphatic heterocycles. The molecule has 0 unspecified atom stereocenters. The fourth-order valence-electron chi connectivity index (χ4n) is 3.64. The van der Waals surface area contributed by atoms with Gasteiger partial charge < -0.3 is 15.4 Å². The Labute approximate surface area is 200 Å². The van der Waals surface area contributed by atoms with E-state index in [2.05, 4.69) is 32.6 Å². The van der Waals surface area contributed by atoms with Gasteiger partial charge in [-0.1, -0.05) is 46.7 Å². The number of benzene rings is 2. The molecule has 0 fully saturated rings. The largest absolute Gasteiger partial charge is 0.497 e. The van der Waals surface area contributed by atoms with Gasteiger partial charge in [-0.2, -0.15) is 5.26 Å². The maximum atomic E-state index is 12.7. The van der Waals surface area contributed by atoms with E-state index in [0.29, 0.717) is 16.4 Å². The summed E-state index contributed by atoms with van der Waals surface area (Å²) in [5, 5.41) is 16.0. The molecule has 1 aliphatic rings. The third-order valence-electron chi connectivity index (χ3n) is 5.25. The van der Waals surface area contributed by atoms with Crippen LogP contribution >= 0.6 is 27.7 Å². The zero-order valence-corrected chi connectivity index (χ0v) is 20.5. The maximum Gasteiger partial charge on any atom is 0.234 e. The standard InChI is InChI=1S/C24H24BrN3O3S/c1-4-15-10-17(25)9-14(2)23(15)27-22(30)13-32-24-20(12-26)19(11-21(29)28-24)16-5-7-18(31-3)8-6-16/h5-10,19H,4,11,13H2,1-3H3,(H,27,30)(H,28,29)/t19-/m1/s1. The van der Waals surface area contributed by atoms with Crippen molar-refractivity contribution in [1.29, 1.82) is 5.26 Å². The lowest BCUT2D eigenvalue weighted by Crippen LogP contribution is -2.31. The van der Waals surface area contributed by atoms with E-state index in [0.717, 1.165) is 33.3 Å². The van der Waals surface area contributed by atoms with Crippen LogP contribution in [0.2, 0.25) is 0 Å². The summed E-state index contributed by atoms with van der Waals surface area (Å²) in [7, 11) is 1.59. The highest BCUT2D eigenvalue weighted by atomic mass is 79.9. The number of thioether (sulfide) groups is 1. The van der Waals surface area contributed by atoms with Gasteiger partial charge in [-0.25, -0.2) is 0 Å². The number of halogens is 1. The predicted octanol–water partition coefficient (Wildman–Crippen LogP) is 5.04. The van der Waals surface area contributed by atoms with Gasteiger partial charge in [0.15, 0.2) is 0 Å². The highest BCUT2D eigenvalue weighted by molar-refractivity contribution is 9.10. The van der Waals surface area contributed by atoms with E-state index >= 15 is 0 Å². The second kappa shape index (κ2) is 10.7. The van der Waals surface area contributed by atoms with Crippen molar-refractivity contribution in [3.05, 3.63) is 68.2 Å². The Morgan fingerprint density at radius 2 is 2.06 bits per heavy atom. The molecule has 0 spiro atoms. The highest BCUT2D eigenvalue weighted by Crippen LogP contribution is 2.36. The molecule has 2 aromatic carbocycles. The predicted molar refractivity (Wildman–Crippen MR) is 130 cm³/mol. The van der Waals surface area contributed by atoms with Crippen LogP contribution in [0.5, 0.6) is 5.75 Å². The van der Waals surface area contributed by atoms with E-state index in [4.69, 9.17) is 4.74 Å². The first-order valence-electron chi connectivity index (χ1n) is 10.2. The van der Waals surface area contributed by atoms with Gasteiger partial charge in [-0.15, -0.1) is 0 Å². The van der Waals surface area contributed by atoms with Gasteiger partial charge in [0.05, 0.1) is 29.5 Å². The van der Waals surface area contributed by atoms with Gasteiger partial charge in [0.1, 0.15) is 5.75 Å². The van der Waals surface area contributed by atoms with Crippen molar-refractivity contribution in [2.24, 2.45) is 0 Å². The third-order valence-corrected chi connectivity index (χ3v) is 6.72. The summed E-state index contributed by atoms with van der Waals surface area (Å²) in [6, 6.07) is 13.5. The molecule has 0 aromatic heterocycles. The monoisotopic (exact) mass is 513 g/mol. The number of methoxy groups -OCH3 is 1. The Morgan fingerprint density at radius 3 is 2.69 bits per heavy atom. The number of hydrogen-bond acceptors (Lipinski definition) is 5. The lowest BCUT2D eigenvalue weighted by atomic mass is 9.87. The molecule has 0 aliphatic carbocycles. The van der Waals surface area contributed by atoms with Crippen LogP contribution in [0.4, 0.5) is 5.69 Å². The Kier molecular flexibility index (Phi) is 7.99. The molecule has 0 saturated heterocycles. The summed E-state index contributed by atoms with van der Waals surface area (Å²) in [5.41, 5.74) is 4.13. The minimum Gasteiger partial charge on any atom is -0.497 e. The van der Waals surface area contributed by atoms with Crippen LogP contribution in [-0.2, 0) is 16.0 Å². The fourth-order valence-corrected chi connectivity index (χ4v) is 5.13. The number of aryl methyl sites for hydroxylation is 2. The number of hydrogen-bond donors (Lipinski definition) is 2. The van der Waals surface area contributed by atoms with Crippen LogP contribution in [0.1, 0.15) is 36.0 Å². The average molecular weight is 514 g/mol. The Hall–Kier alpha value is -2.76. The number of nitriles is 1. The molecule has 32 heavy (non-hydrogen) atoms. The van der Waals surface area contributed by atoms with Crippen molar-refractivity contribution in [2.45, 2.75) is 32.6 Å². The van der Waals surface area contributed by atoms with E-state index in [1.165, 1.54) is 11.8 Å². The summed E-state index contributed by atoms with van der Waals surface area (Å²) in [6.07, 6.45) is 0.968. The number of nitrogens with zero attached hydrogens (tertiary/aromatic N) is 1. The zero-order valence-electron chi connectivity index (χ0n) is 18.1. The topological polar surface area (TPSA) is 91.2 Å². The van der Waals surface area contributed by atoms with Crippen molar-refractivity contribution in [3.8, 4) is 11.8 Å². The molecule has 2 aromatic rings. The first kappa shape index (κ1) is 23.9. The normalized spacial score (nSPS) is 15.7. The molecule has 2 amide bonds. The second-order valence-electron chi connectivity index (χ2n) is 7.38. The van der Waals surface area contributed by atoms with E-state index < -0.39 is 0 Å². The lowest BCUT2D eigenvalue weighted by molar-refractivity contribution is -0.121. The van der Waals surface area contributed by atoms with Crippen molar-refractivity contribution in [1.82, 2.24) is 5.32 Å². The first-order chi connectivity index (χ1) is 15.4. The molecule has 3 rings (SSSR count). The Morgan fingerprint density at radius 1 is 1.34 bits per heavy atom. The van der Waals surface area contributed by atoms with Gasteiger partial charge in [0.25, 0.3) is 0 Å². The van der Waals surface area contributed by atoms with Gasteiger partial charge in [0.2, 0.25) is 11.8 Å². The minimum absolute atomic E-state index is 0.0782. The van der Waals surface area contributed by atoms with Crippen LogP contribution in [0.15, 0.2) is 51.5 Å². The maximum absolute atomic E-state index is 12.7. The van der Waals surface area contributed by atoms with Crippen LogP contribution < -0.4 is 15.4 Å². The van der Waals surface area contributed by atoms with E-state index in [1.807, 2.05) is 50.2 Å². The molecular weight excluding hydrogens is 490 g/mol. The van der Waals surface area contributed by atoms with Crippen LogP contribution in [0.3, 0.4) is 0 Å². The van der Waals surface area contributed by atoms with Crippen LogP contribution in [0.25, 0.3) is 0 Å². The van der Waals surface area contributed by atoms with Gasteiger partial charge in [-0.3, -0.25) is 9.59 Å². The van der Waals surface area contributed by atoms with Crippen molar-refractivity contribution < 1.29 is 14.3 Å². The minimum atomic E-state index is -0.356. The molecule has 6 nitrogen and oxygen atoms in total. The number of amides is 2. The molecule has 1 atom stereocenters. The van der Waals surface area contributed by atoms with Gasteiger partial charge >= 0.3 is 0 Å². The van der Waals surface area contributed by atoms with Crippen LogP contribution in [-0.4, -0.2) is 24.7 Å². The molecule has 0 saturated carbocycles. The second-order valence-corrected chi connectivity index (χ2v) is 9.28. The lowest BCUT2D eigenvalue weighted by Gasteiger charge is -2.25. The summed E-state index contributed by atoms with van der Waals surface area (Å²) >= 11 is 4.66. The molecule has 8 heteroatoms. The van der Waals surface area contributed by atoms with Gasteiger partial charge in [0, 0.05) is 22.5 Å². The SMILES string of the molecule is CCc1cc(Br)cc(C)c1NC(=O)CSC1=C(C#N)[C@@H](c2ccc(OC)cc2)CC(=O)N1. The molecule has 0 radical (unpaired) electrons. The summed E-state index contributed by atoms with van der Waals surface area (Å²) in [6.45, 7) is 3.98. The Balaban J connectivity index is 1.77. The molecule has 0 bridgehead atoms. The number of carbonyl (C=O) groups is 2. The van der Waals surface area contributed by atoms with Crippen LogP contribution in [0, 0.1) is 18.3 Å². The number of anilines is 1. The number of rotatable bonds is 7. The average Bonchev–Trinajstić information content (AvgIpc) is 2.78. The Bertz CT molecular complexity index is 1110. The fraction of sp³-hybridized carbons (Fsp3) is 0.292. The number of carbonyl (C=O) groups excluding carboxylic acids is 2. The number of nitrogens with one attached hydrogen (secondary N) is 2. The summed E-state index contributed by atoms with van der Waals surface area (Å²) in [5.74, 6) is 0.0583. The number of allylic oxidation sites excluding steroid dienone is 1. The van der Waals surface area contributed by atoms with Gasteiger partial charge in [-0.05, 0) is 54.3 Å². The summed E-state index contributed by atoms with van der Waals surface area (Å²) in [4.78, 5) is 25.0. The molecule has 2 N–H and O–H groups in total. The molecule has 166 valence electrons. The van der Waals surface area contributed by atoms with Crippen molar-refractivity contribution >= 4 is 45.2 Å². The van der Waals surface area contributed by atoms with Crippen molar-refractivity contribution in [3.63, 3.8) is 0 Å². The van der Waals surface area contributed by atoms with E-state index in [1.54, 1.807) is 7.11 Å². The number of ether oxygens (including phenoxy) is 1. The van der Waals surface area contributed by atoms with E-state index in [-0.39, 0.29) is 29.9 Å². The molecule has 1 heterocycles. The first-order valence-corrected chi connectivity index (χ1v) is 11.9. The highest BCUT2D eigenvalue weighted by Gasteiger charge is 2.30. The summed E-state index contributed by atoms with van der Waals surface area (Å²) < 4.78 is 6.16. The molecular formula is C24H24BrN3O3S. The van der Waals surface area contributed by atoms with E-state index in [9.17, 15) is 14.9 Å². The quantitative estimate of drug-likeness (QED) is 0.541. The third kappa shape index (κ3) is 5.53. The van der Waals surface area contributed by atoms with Crippen molar-refractivity contribution in [2.75, 3.05) is 18.2 Å². The smallest absolute Gasteiger partial charge is 0.234 e.